The van der Waals surface area contributed by atoms with Crippen molar-refractivity contribution in [2.75, 3.05) is 18.1 Å². The van der Waals surface area contributed by atoms with Gasteiger partial charge in [-0.05, 0) is 31.0 Å². The number of likely N-dealkylation sites (tertiary alicyclic amines) is 1. The third-order valence-corrected chi connectivity index (χ3v) is 5.18. The average Bonchev–Trinajstić information content (AvgIpc) is 2.85. The van der Waals surface area contributed by atoms with Crippen LogP contribution in [0.15, 0.2) is 29.2 Å². The lowest BCUT2D eigenvalue weighted by Gasteiger charge is -2.23. The highest BCUT2D eigenvalue weighted by atomic mass is 79.9. The third-order valence-electron chi connectivity index (χ3n) is 3.33. The molecular weight excluding hydrogens is 330 g/mol. The maximum atomic E-state index is 12.4. The van der Waals surface area contributed by atoms with Crippen LogP contribution >= 0.6 is 15.9 Å². The summed E-state index contributed by atoms with van der Waals surface area (Å²) < 4.78 is 23.0. The maximum absolute atomic E-state index is 12.4. The maximum Gasteiger partial charge on any atom is 0.254 e. The predicted octanol–water partition coefficient (Wildman–Crippen LogP) is 2.09. The number of alkyl halides is 1. The van der Waals surface area contributed by atoms with E-state index in [9.17, 15) is 13.2 Å². The first-order valence-electron chi connectivity index (χ1n) is 6.10. The van der Waals surface area contributed by atoms with Gasteiger partial charge in [0.1, 0.15) is 0 Å². The summed E-state index contributed by atoms with van der Waals surface area (Å²) in [6.45, 7) is 0.734. The smallest absolute Gasteiger partial charge is 0.254 e. The lowest BCUT2D eigenvalue weighted by Crippen LogP contribution is -2.36. The van der Waals surface area contributed by atoms with Gasteiger partial charge in [0.2, 0.25) is 0 Å². The summed E-state index contributed by atoms with van der Waals surface area (Å²) in [7, 11) is -3.28. The molecule has 1 heterocycles. The molecule has 0 saturated carbocycles. The van der Waals surface area contributed by atoms with Gasteiger partial charge >= 0.3 is 0 Å². The second-order valence-electron chi connectivity index (χ2n) is 4.75. The Morgan fingerprint density at radius 1 is 1.47 bits per heavy atom. The van der Waals surface area contributed by atoms with Crippen molar-refractivity contribution in [1.29, 1.82) is 0 Å². The molecule has 1 aliphatic rings. The molecule has 1 atom stereocenters. The fourth-order valence-corrected chi connectivity index (χ4v) is 3.63. The van der Waals surface area contributed by atoms with Crippen molar-refractivity contribution in [1.82, 2.24) is 4.90 Å². The zero-order chi connectivity index (χ0) is 14.0. The highest BCUT2D eigenvalue weighted by Gasteiger charge is 2.28. The van der Waals surface area contributed by atoms with Crippen LogP contribution in [-0.4, -0.2) is 43.4 Å². The van der Waals surface area contributed by atoms with E-state index in [0.29, 0.717) is 5.56 Å². The molecule has 0 bridgehead atoms. The van der Waals surface area contributed by atoms with Crippen molar-refractivity contribution in [2.45, 2.75) is 23.8 Å². The predicted molar refractivity (Wildman–Crippen MR) is 77.4 cm³/mol. The summed E-state index contributed by atoms with van der Waals surface area (Å²) >= 11 is 3.41. The first kappa shape index (κ1) is 14.5. The SMILES string of the molecule is CS(=O)(=O)c1cccc(C(=O)N2CCCC2CBr)c1. The van der Waals surface area contributed by atoms with Gasteiger partial charge < -0.3 is 4.90 Å². The highest BCUT2D eigenvalue weighted by molar-refractivity contribution is 9.09. The number of rotatable bonds is 3. The largest absolute Gasteiger partial charge is 0.335 e. The molecule has 1 aromatic carbocycles. The summed E-state index contributed by atoms with van der Waals surface area (Å²) in [6.07, 6.45) is 3.13. The number of hydrogen-bond acceptors (Lipinski definition) is 3. The van der Waals surface area contributed by atoms with Gasteiger partial charge in [-0.3, -0.25) is 4.79 Å². The molecule has 104 valence electrons. The van der Waals surface area contributed by atoms with Gasteiger partial charge in [0.25, 0.3) is 5.91 Å². The summed E-state index contributed by atoms with van der Waals surface area (Å²) in [5.41, 5.74) is 0.441. The second kappa shape index (κ2) is 5.63. The fourth-order valence-electron chi connectivity index (χ4n) is 2.29. The van der Waals surface area contributed by atoms with Gasteiger partial charge in [-0.15, -0.1) is 0 Å². The summed E-state index contributed by atoms with van der Waals surface area (Å²) in [4.78, 5) is 14.4. The van der Waals surface area contributed by atoms with Crippen LogP contribution in [0.25, 0.3) is 0 Å². The Hall–Kier alpha value is -0.880. The van der Waals surface area contributed by atoms with Crippen LogP contribution in [0.2, 0.25) is 0 Å². The highest BCUT2D eigenvalue weighted by Crippen LogP contribution is 2.22. The van der Waals surface area contributed by atoms with Crippen LogP contribution in [0.1, 0.15) is 23.2 Å². The van der Waals surface area contributed by atoms with Gasteiger partial charge in [0.05, 0.1) is 4.90 Å². The second-order valence-corrected chi connectivity index (χ2v) is 7.41. The van der Waals surface area contributed by atoms with E-state index in [1.54, 1.807) is 12.1 Å². The lowest BCUT2D eigenvalue weighted by atomic mass is 10.2. The van der Waals surface area contributed by atoms with Crippen LogP contribution in [0.5, 0.6) is 0 Å². The van der Waals surface area contributed by atoms with Crippen molar-refractivity contribution < 1.29 is 13.2 Å². The molecule has 2 rings (SSSR count). The van der Waals surface area contributed by atoms with Crippen molar-refractivity contribution >= 4 is 31.7 Å². The molecule has 4 nitrogen and oxygen atoms in total. The van der Waals surface area contributed by atoms with Gasteiger partial charge in [0.15, 0.2) is 9.84 Å². The van der Waals surface area contributed by atoms with Crippen LogP contribution in [-0.2, 0) is 9.84 Å². The third kappa shape index (κ3) is 3.17. The zero-order valence-corrected chi connectivity index (χ0v) is 13.1. The first-order chi connectivity index (χ1) is 8.93. The van der Waals surface area contributed by atoms with Crippen LogP contribution in [0.3, 0.4) is 0 Å². The van der Waals surface area contributed by atoms with Crippen LogP contribution in [0.4, 0.5) is 0 Å². The molecule has 1 aliphatic heterocycles. The standard InChI is InChI=1S/C13H16BrNO3S/c1-19(17,18)12-6-2-4-10(8-12)13(16)15-7-3-5-11(15)9-14/h2,4,6,8,11H,3,5,7,9H2,1H3. The van der Waals surface area contributed by atoms with Crippen LogP contribution < -0.4 is 0 Å². The van der Waals surface area contributed by atoms with Crippen molar-refractivity contribution in [3.63, 3.8) is 0 Å². The van der Waals surface area contributed by atoms with Crippen LogP contribution in [0, 0.1) is 0 Å². The minimum absolute atomic E-state index is 0.0903. The first-order valence-corrected chi connectivity index (χ1v) is 9.12. The van der Waals surface area contributed by atoms with Gasteiger partial charge in [-0.1, -0.05) is 22.0 Å². The minimum atomic E-state index is -3.28. The zero-order valence-electron chi connectivity index (χ0n) is 10.7. The van der Waals surface area contributed by atoms with E-state index >= 15 is 0 Å². The molecule has 1 saturated heterocycles. The fraction of sp³-hybridized carbons (Fsp3) is 0.462. The molecule has 0 N–H and O–H groups in total. The Morgan fingerprint density at radius 2 is 2.21 bits per heavy atom. The molecule has 1 fully saturated rings. The number of carbonyl (C=O) groups is 1. The van der Waals surface area contributed by atoms with Crippen molar-refractivity contribution in [3.8, 4) is 0 Å². The number of nitrogens with zero attached hydrogens (tertiary/aromatic N) is 1. The minimum Gasteiger partial charge on any atom is -0.335 e. The number of halogens is 1. The van der Waals surface area contributed by atoms with Crippen molar-refractivity contribution in [3.05, 3.63) is 29.8 Å². The number of benzene rings is 1. The molecule has 1 aromatic rings. The molecular formula is C13H16BrNO3S. The van der Waals surface area contributed by atoms with E-state index in [1.807, 2.05) is 4.90 Å². The molecule has 1 unspecified atom stereocenters. The molecule has 0 spiro atoms. The van der Waals surface area contributed by atoms with E-state index in [-0.39, 0.29) is 16.8 Å². The molecule has 0 aliphatic carbocycles. The quantitative estimate of drug-likeness (QED) is 0.788. The van der Waals surface area contributed by atoms with Gasteiger partial charge in [-0.25, -0.2) is 8.42 Å². The van der Waals surface area contributed by atoms with E-state index < -0.39 is 9.84 Å². The summed E-state index contributed by atoms with van der Waals surface area (Å²) in [5.74, 6) is -0.0903. The van der Waals surface area contributed by atoms with E-state index in [1.165, 1.54) is 12.1 Å². The number of sulfone groups is 1. The molecule has 0 aromatic heterocycles. The molecule has 19 heavy (non-hydrogen) atoms. The number of hydrogen-bond donors (Lipinski definition) is 0. The van der Waals surface area contributed by atoms with Gasteiger partial charge in [0, 0.05) is 29.7 Å². The normalized spacial score (nSPS) is 19.7. The Kier molecular flexibility index (Phi) is 4.30. The van der Waals surface area contributed by atoms with E-state index in [4.69, 9.17) is 0 Å². The average molecular weight is 346 g/mol. The number of amides is 1. The Morgan fingerprint density at radius 3 is 2.84 bits per heavy atom. The lowest BCUT2D eigenvalue weighted by molar-refractivity contribution is 0.0750. The summed E-state index contributed by atoms with van der Waals surface area (Å²) in [5, 5.41) is 0.754. The summed E-state index contributed by atoms with van der Waals surface area (Å²) in [6, 6.07) is 6.46. The topological polar surface area (TPSA) is 54.5 Å². The van der Waals surface area contributed by atoms with Gasteiger partial charge in [-0.2, -0.15) is 0 Å². The van der Waals surface area contributed by atoms with E-state index in [0.717, 1.165) is 31.0 Å². The number of carbonyl (C=O) groups excluding carboxylic acids is 1. The molecule has 1 amide bonds. The molecule has 0 radical (unpaired) electrons. The van der Waals surface area contributed by atoms with Crippen molar-refractivity contribution in [2.24, 2.45) is 0 Å². The Bertz CT molecular complexity index is 585. The van der Waals surface area contributed by atoms with E-state index in [2.05, 4.69) is 15.9 Å². The molecule has 6 heteroatoms. The Balaban J connectivity index is 2.29. The monoisotopic (exact) mass is 345 g/mol. The Labute approximate surface area is 121 Å².